The van der Waals surface area contributed by atoms with E-state index in [1.165, 1.54) is 12.1 Å². The second-order valence-electron chi connectivity index (χ2n) is 3.06. The van der Waals surface area contributed by atoms with Gasteiger partial charge in [0.25, 0.3) is 0 Å². The lowest BCUT2D eigenvalue weighted by Gasteiger charge is -2.10. The normalized spacial score (nSPS) is 11.1. The van der Waals surface area contributed by atoms with Crippen molar-refractivity contribution in [3.05, 3.63) is 42.3 Å². The van der Waals surface area contributed by atoms with Gasteiger partial charge in [0, 0.05) is 10.8 Å². The third kappa shape index (κ3) is 1.96. The summed E-state index contributed by atoms with van der Waals surface area (Å²) in [6, 6.07) is 3.01. The molecule has 0 aliphatic rings. The topological polar surface area (TPSA) is 0 Å². The van der Waals surface area contributed by atoms with Gasteiger partial charge in [-0.05, 0) is 12.1 Å². The average molecular weight is 335 g/mol. The fourth-order valence-electron chi connectivity index (χ4n) is 1.40. The zero-order valence-corrected chi connectivity index (χ0v) is 12.0. The third-order valence-electron chi connectivity index (χ3n) is 2.09. The lowest BCUT2D eigenvalue weighted by molar-refractivity contribution is 1.73. The maximum Gasteiger partial charge on any atom is 0.0687 e. The van der Waals surface area contributed by atoms with Crippen LogP contribution >= 0.6 is 69.6 Å². The Bertz CT molecular complexity index is 537. The van der Waals surface area contributed by atoms with Crippen molar-refractivity contribution in [2.45, 2.75) is 0 Å². The van der Waals surface area contributed by atoms with Gasteiger partial charge in [-0.1, -0.05) is 69.6 Å². The van der Waals surface area contributed by atoms with Gasteiger partial charge in [0.1, 0.15) is 0 Å². The lowest BCUT2D eigenvalue weighted by atomic mass is 10.1. The van der Waals surface area contributed by atoms with Crippen molar-refractivity contribution in [1.82, 2.24) is 0 Å². The van der Waals surface area contributed by atoms with Crippen LogP contribution in [-0.2, 0) is 0 Å². The summed E-state index contributed by atoms with van der Waals surface area (Å²) in [4.78, 5) is 0. The Morgan fingerprint density at radius 3 is 1.12 bits per heavy atom. The molecular formula is C10H2Cl6. The van der Waals surface area contributed by atoms with E-state index in [0.29, 0.717) is 40.9 Å². The van der Waals surface area contributed by atoms with E-state index in [0.717, 1.165) is 0 Å². The molecule has 0 saturated heterocycles. The number of rotatable bonds is 0. The monoisotopic (exact) mass is 332 g/mol. The largest absolute Gasteiger partial charge is 0.0835 e. The van der Waals surface area contributed by atoms with E-state index >= 15 is 0 Å². The summed E-state index contributed by atoms with van der Waals surface area (Å²) in [6.45, 7) is 0. The Morgan fingerprint density at radius 2 is 0.812 bits per heavy atom. The first-order valence-electron chi connectivity index (χ1n) is 4.04. The van der Waals surface area contributed by atoms with Crippen molar-refractivity contribution in [3.63, 3.8) is 0 Å². The maximum absolute atomic E-state index is 6.05. The lowest BCUT2D eigenvalue weighted by Crippen LogP contribution is -1.83. The molecule has 6 heteroatoms. The molecule has 0 aliphatic carbocycles. The van der Waals surface area contributed by atoms with Gasteiger partial charge >= 0.3 is 0 Å². The van der Waals surface area contributed by atoms with Gasteiger partial charge in [-0.3, -0.25) is 0 Å². The Balaban J connectivity index is 3.11. The highest BCUT2D eigenvalue weighted by Gasteiger charge is 2.16. The number of fused-ring (bicyclic) bond motifs is 1. The van der Waals surface area contributed by atoms with Gasteiger partial charge in [-0.25, -0.2) is 0 Å². The molecule has 0 amide bonds. The van der Waals surface area contributed by atoms with E-state index in [9.17, 15) is 0 Å². The maximum atomic E-state index is 6.05. The van der Waals surface area contributed by atoms with Crippen molar-refractivity contribution >= 4 is 80.4 Å². The summed E-state index contributed by atoms with van der Waals surface area (Å²) in [5.41, 5.74) is 0. The molecule has 0 spiro atoms. The smallest absolute Gasteiger partial charge is 0.0687 e. The standard InChI is InChI=1S/C10H2Cl6/c11-3-1-5(13)9(15)8-4(12)2-6(14)10(16)7(3)8/h1-2H. The summed E-state index contributed by atoms with van der Waals surface area (Å²) in [7, 11) is 0. The minimum absolute atomic E-state index is 0.310. The first kappa shape index (κ1) is 12.9. The van der Waals surface area contributed by atoms with Crippen LogP contribution in [0, 0.1) is 0 Å². The second-order valence-corrected chi connectivity index (χ2v) is 5.44. The van der Waals surface area contributed by atoms with Crippen LogP contribution in [0.4, 0.5) is 0 Å². The highest BCUT2D eigenvalue weighted by molar-refractivity contribution is 6.55. The number of benzene rings is 2. The molecule has 0 saturated carbocycles. The van der Waals surface area contributed by atoms with E-state index in [-0.39, 0.29) is 0 Å². The number of hydrogen-bond acceptors (Lipinski definition) is 0. The minimum atomic E-state index is 0.310. The quantitative estimate of drug-likeness (QED) is 0.467. The molecule has 0 aromatic heterocycles. The van der Waals surface area contributed by atoms with Crippen molar-refractivity contribution < 1.29 is 0 Å². The van der Waals surface area contributed by atoms with E-state index in [1.54, 1.807) is 0 Å². The average Bonchev–Trinajstić information content (AvgIpc) is 2.20. The van der Waals surface area contributed by atoms with Crippen molar-refractivity contribution in [2.24, 2.45) is 0 Å². The molecule has 0 atom stereocenters. The summed E-state index contributed by atoms with van der Waals surface area (Å²) in [5, 5.41) is 3.00. The molecule has 0 fully saturated rings. The molecule has 2 rings (SSSR count). The Hall–Kier alpha value is 0.440. The number of hydrogen-bond donors (Lipinski definition) is 0. The summed E-state index contributed by atoms with van der Waals surface area (Å²) < 4.78 is 0. The number of halogens is 6. The summed E-state index contributed by atoms with van der Waals surface area (Å²) >= 11 is 36.0. The summed E-state index contributed by atoms with van der Waals surface area (Å²) in [5.74, 6) is 0. The molecule has 84 valence electrons. The van der Waals surface area contributed by atoms with Crippen LogP contribution in [0.2, 0.25) is 30.1 Å². The molecule has 0 N–H and O–H groups in total. The van der Waals surface area contributed by atoms with E-state index in [2.05, 4.69) is 0 Å². The van der Waals surface area contributed by atoms with Crippen molar-refractivity contribution in [1.29, 1.82) is 0 Å². The van der Waals surface area contributed by atoms with E-state index < -0.39 is 0 Å². The van der Waals surface area contributed by atoms with E-state index in [4.69, 9.17) is 69.6 Å². The third-order valence-corrected chi connectivity index (χ3v) is 4.26. The Labute approximate surface area is 122 Å². The molecular weight excluding hydrogens is 333 g/mol. The fourth-order valence-corrected chi connectivity index (χ4v) is 3.11. The van der Waals surface area contributed by atoms with Gasteiger partial charge < -0.3 is 0 Å². The fraction of sp³-hybridized carbons (Fsp3) is 0. The van der Waals surface area contributed by atoms with Crippen LogP contribution in [-0.4, -0.2) is 0 Å². The van der Waals surface area contributed by atoms with Gasteiger partial charge in [0.2, 0.25) is 0 Å². The molecule has 0 unspecified atom stereocenters. The highest BCUT2D eigenvalue weighted by atomic mass is 35.5. The van der Waals surface area contributed by atoms with Crippen LogP contribution in [0.1, 0.15) is 0 Å². The van der Waals surface area contributed by atoms with E-state index in [1.807, 2.05) is 0 Å². The predicted molar refractivity (Wildman–Crippen MR) is 74.0 cm³/mol. The highest BCUT2D eigenvalue weighted by Crippen LogP contribution is 2.45. The molecule has 0 nitrogen and oxygen atoms in total. The SMILES string of the molecule is Clc1cc(Cl)c2c(Cl)c(Cl)cc(Cl)c2c1Cl. The zero-order chi connectivity index (χ0) is 12.0. The van der Waals surface area contributed by atoms with Crippen molar-refractivity contribution in [3.8, 4) is 0 Å². The molecule has 0 aliphatic heterocycles. The van der Waals surface area contributed by atoms with Gasteiger partial charge in [0.15, 0.2) is 0 Å². The molecule has 16 heavy (non-hydrogen) atoms. The second kappa shape index (κ2) is 4.61. The van der Waals surface area contributed by atoms with Crippen LogP contribution < -0.4 is 0 Å². The molecule has 0 radical (unpaired) electrons. The van der Waals surface area contributed by atoms with Crippen LogP contribution in [0.15, 0.2) is 12.1 Å². The zero-order valence-electron chi connectivity index (χ0n) is 7.42. The van der Waals surface area contributed by atoms with Crippen LogP contribution in [0.25, 0.3) is 10.8 Å². The first-order chi connectivity index (χ1) is 7.43. The minimum Gasteiger partial charge on any atom is -0.0835 e. The van der Waals surface area contributed by atoms with Crippen molar-refractivity contribution in [2.75, 3.05) is 0 Å². The predicted octanol–water partition coefficient (Wildman–Crippen LogP) is 6.76. The molecule has 0 heterocycles. The molecule has 0 bridgehead atoms. The van der Waals surface area contributed by atoms with Gasteiger partial charge in [-0.15, -0.1) is 0 Å². The molecule has 2 aromatic carbocycles. The van der Waals surface area contributed by atoms with Gasteiger partial charge in [0.05, 0.1) is 30.1 Å². The summed E-state index contributed by atoms with van der Waals surface area (Å²) in [6.07, 6.45) is 0. The molecule has 2 aromatic rings. The Morgan fingerprint density at radius 1 is 0.500 bits per heavy atom. The van der Waals surface area contributed by atoms with Gasteiger partial charge in [-0.2, -0.15) is 0 Å². The van der Waals surface area contributed by atoms with Crippen LogP contribution in [0.5, 0.6) is 0 Å². The Kier molecular flexibility index (Phi) is 3.71. The first-order valence-corrected chi connectivity index (χ1v) is 6.31. The van der Waals surface area contributed by atoms with Crippen LogP contribution in [0.3, 0.4) is 0 Å².